The van der Waals surface area contributed by atoms with Gasteiger partial charge in [-0.15, -0.1) is 11.3 Å². The number of thiophene rings is 1. The third-order valence-corrected chi connectivity index (χ3v) is 11.4. The van der Waals surface area contributed by atoms with E-state index in [0.717, 1.165) is 36.8 Å². The van der Waals surface area contributed by atoms with Crippen LogP contribution in [-0.2, 0) is 19.4 Å². The van der Waals surface area contributed by atoms with E-state index in [2.05, 4.69) is 48.6 Å². The average Bonchev–Trinajstić information content (AvgIpc) is 3.56. The van der Waals surface area contributed by atoms with Gasteiger partial charge in [0, 0.05) is 40.1 Å². The predicted molar refractivity (Wildman–Crippen MR) is 166 cm³/mol. The van der Waals surface area contributed by atoms with Gasteiger partial charge in [-0.05, 0) is 70.7 Å². The van der Waals surface area contributed by atoms with Gasteiger partial charge in [0.25, 0.3) is 0 Å². The molecule has 1 aromatic heterocycles. The number of nitrogens with one attached hydrogen (secondary N) is 1. The number of rotatable bonds is 8. The molecule has 1 unspecified atom stereocenters. The summed E-state index contributed by atoms with van der Waals surface area (Å²) in [4.78, 5) is 27.3. The van der Waals surface area contributed by atoms with E-state index < -0.39 is 22.0 Å². The van der Waals surface area contributed by atoms with Gasteiger partial charge >= 0.3 is 12.1 Å². The van der Waals surface area contributed by atoms with E-state index in [1.165, 1.54) is 4.70 Å². The summed E-state index contributed by atoms with van der Waals surface area (Å²) in [6, 6.07) is 17.3. The minimum absolute atomic E-state index is 0.0613. The second-order valence-corrected chi connectivity index (χ2v) is 14.6. The number of hydrogen-bond acceptors (Lipinski definition) is 7. The first kappa shape index (κ1) is 33.7. The smallest absolute Gasteiger partial charge is 0.475 e. The number of likely N-dealkylation sites (tertiary alicyclic amines) is 1. The molecule has 0 spiro atoms. The molecule has 8 nitrogen and oxygen atoms in total. The molecule has 3 aromatic rings. The highest BCUT2D eigenvalue weighted by Gasteiger charge is 2.44. The predicted octanol–water partition coefficient (Wildman–Crippen LogP) is 5.90. The molecule has 1 saturated heterocycles. The van der Waals surface area contributed by atoms with Crippen molar-refractivity contribution in [1.82, 2.24) is 9.80 Å². The lowest BCUT2D eigenvalue weighted by Gasteiger charge is -2.44. The van der Waals surface area contributed by atoms with Gasteiger partial charge in [0.2, 0.25) is 5.91 Å². The maximum Gasteiger partial charge on any atom is 0.490 e. The Balaban J connectivity index is 0.000000566. The second-order valence-electron chi connectivity index (χ2n) is 11.6. The Morgan fingerprint density at radius 2 is 1.73 bits per heavy atom. The molecule has 4 atom stereocenters. The summed E-state index contributed by atoms with van der Waals surface area (Å²) in [6.45, 7) is 5.02. The van der Waals surface area contributed by atoms with Gasteiger partial charge in [0.15, 0.2) is 9.84 Å². The van der Waals surface area contributed by atoms with Crippen molar-refractivity contribution in [2.45, 2.75) is 74.8 Å². The van der Waals surface area contributed by atoms with Gasteiger partial charge in [0.1, 0.15) is 6.04 Å². The molecular weight excluding hydrogens is 615 g/mol. The molecule has 1 aliphatic heterocycles. The molecule has 0 radical (unpaired) electrons. The van der Waals surface area contributed by atoms with Crippen LogP contribution in [0.1, 0.15) is 39.5 Å². The van der Waals surface area contributed by atoms with Crippen LogP contribution in [0.5, 0.6) is 0 Å². The number of halogens is 3. The van der Waals surface area contributed by atoms with Gasteiger partial charge in [0.05, 0.1) is 16.3 Å². The molecule has 2 aliphatic rings. The summed E-state index contributed by atoms with van der Waals surface area (Å²) in [5.74, 6) is -2.69. The van der Waals surface area contributed by atoms with Crippen molar-refractivity contribution < 1.29 is 36.3 Å². The van der Waals surface area contributed by atoms with Crippen LogP contribution in [0.2, 0.25) is 0 Å². The summed E-state index contributed by atoms with van der Waals surface area (Å²) in [7, 11) is -1.33. The Morgan fingerprint density at radius 3 is 2.36 bits per heavy atom. The number of anilines is 1. The van der Waals surface area contributed by atoms with Crippen molar-refractivity contribution in [3.8, 4) is 0 Å². The molecule has 5 rings (SSSR count). The summed E-state index contributed by atoms with van der Waals surface area (Å²) < 4.78 is 59.8. The fourth-order valence-corrected chi connectivity index (χ4v) is 8.64. The highest BCUT2D eigenvalue weighted by molar-refractivity contribution is 7.91. The Bertz CT molecular complexity index is 1550. The van der Waals surface area contributed by atoms with E-state index in [1.54, 1.807) is 35.6 Å². The van der Waals surface area contributed by atoms with Crippen molar-refractivity contribution in [2.24, 2.45) is 5.92 Å². The third-order valence-electron chi connectivity index (χ3n) is 8.53. The van der Waals surface area contributed by atoms with Crippen LogP contribution in [0.15, 0.2) is 64.9 Å². The fraction of sp³-hybridized carbons (Fsp3) is 0.484. The quantitative estimate of drug-likeness (QED) is 0.312. The summed E-state index contributed by atoms with van der Waals surface area (Å²) in [5, 5.41) is 13.9. The Kier molecular flexibility index (Phi) is 10.6. The Morgan fingerprint density at radius 1 is 1.09 bits per heavy atom. The van der Waals surface area contributed by atoms with E-state index in [-0.39, 0.29) is 29.7 Å². The topological polar surface area (TPSA) is 107 Å². The van der Waals surface area contributed by atoms with Gasteiger partial charge in [-0.25, -0.2) is 13.2 Å². The monoisotopic (exact) mass is 653 g/mol. The molecular formula is C31H38F3N3O5S2. The van der Waals surface area contributed by atoms with Crippen LogP contribution in [0.4, 0.5) is 18.9 Å². The number of aliphatic carboxylic acids is 1. The summed E-state index contributed by atoms with van der Waals surface area (Å²) in [6.07, 6.45) is -1.77. The van der Waals surface area contributed by atoms with Crippen LogP contribution in [0, 0.1) is 5.92 Å². The zero-order valence-electron chi connectivity index (χ0n) is 24.8. The van der Waals surface area contributed by atoms with Crippen LogP contribution in [0.25, 0.3) is 10.1 Å². The van der Waals surface area contributed by atoms with Gasteiger partial charge in [-0.1, -0.05) is 36.4 Å². The van der Waals surface area contributed by atoms with Crippen molar-refractivity contribution in [2.75, 3.05) is 24.7 Å². The highest BCUT2D eigenvalue weighted by atomic mass is 32.2. The first-order valence-electron chi connectivity index (χ1n) is 14.5. The number of fused-ring (bicyclic) bond motifs is 1. The third kappa shape index (κ3) is 7.91. The number of benzene rings is 2. The number of hydrogen-bond donors (Lipinski definition) is 2. The molecule has 240 valence electrons. The minimum atomic E-state index is -5.08. The number of carboxylic acid groups (broad SMARTS) is 1. The Labute approximate surface area is 259 Å². The fourth-order valence-electron chi connectivity index (χ4n) is 6.05. The van der Waals surface area contributed by atoms with Crippen molar-refractivity contribution >= 4 is 48.8 Å². The SMILES string of the molecule is CC(C)N(C)[C@@H]1CC[C@H](N2CCC(Nc3csc4ccccc34)C2=O)[C@H](CS(=O)(=O)c2ccccc2)C1.O=C(O)C(F)(F)F. The van der Waals surface area contributed by atoms with E-state index >= 15 is 0 Å². The normalized spacial score (nSPS) is 22.7. The molecule has 1 amide bonds. The molecule has 1 aliphatic carbocycles. The average molecular weight is 654 g/mol. The minimum Gasteiger partial charge on any atom is -0.475 e. The first-order valence-corrected chi connectivity index (χ1v) is 17.0. The van der Waals surface area contributed by atoms with Gasteiger partial charge in [-0.3, -0.25) is 4.79 Å². The number of amides is 1. The summed E-state index contributed by atoms with van der Waals surface area (Å²) >= 11 is 1.68. The van der Waals surface area contributed by atoms with Crippen LogP contribution in [-0.4, -0.2) is 84.9 Å². The second kappa shape index (κ2) is 13.9. The number of sulfone groups is 1. The standard InChI is InChI=1S/C29H37N3O3S2.C2HF3O2/c1-20(2)31(3)22-13-14-27(21(17-22)19-37(34,35)23-9-5-4-6-10-23)32-16-15-25(29(32)33)30-26-18-36-28-12-8-7-11-24(26)28;3-2(4,5)1(6)7/h4-12,18,20-22,25,27,30H,13-17,19H2,1-3H3;(H,6,7)/t21-,22+,25?,27-;/m0./s1. The molecule has 2 fully saturated rings. The Hall–Kier alpha value is -3.16. The van der Waals surface area contributed by atoms with Gasteiger partial charge in [-0.2, -0.15) is 13.2 Å². The number of alkyl halides is 3. The van der Waals surface area contributed by atoms with E-state index in [9.17, 15) is 26.4 Å². The van der Waals surface area contributed by atoms with E-state index in [1.807, 2.05) is 23.1 Å². The van der Waals surface area contributed by atoms with E-state index in [4.69, 9.17) is 9.90 Å². The maximum atomic E-state index is 13.7. The number of carboxylic acids is 1. The number of carbonyl (C=O) groups excluding carboxylic acids is 1. The molecule has 2 heterocycles. The first-order chi connectivity index (χ1) is 20.7. The van der Waals surface area contributed by atoms with Gasteiger partial charge < -0.3 is 20.2 Å². The highest BCUT2D eigenvalue weighted by Crippen LogP contribution is 2.37. The molecule has 2 N–H and O–H groups in total. The zero-order chi connectivity index (χ0) is 32.2. The lowest BCUT2D eigenvalue weighted by molar-refractivity contribution is -0.192. The van der Waals surface area contributed by atoms with Crippen LogP contribution >= 0.6 is 11.3 Å². The lowest BCUT2D eigenvalue weighted by atomic mass is 9.81. The van der Waals surface area contributed by atoms with Crippen molar-refractivity contribution in [3.05, 3.63) is 60.0 Å². The molecule has 44 heavy (non-hydrogen) atoms. The summed E-state index contributed by atoms with van der Waals surface area (Å²) in [5.41, 5.74) is 1.01. The van der Waals surface area contributed by atoms with Crippen molar-refractivity contribution in [1.29, 1.82) is 0 Å². The van der Waals surface area contributed by atoms with Crippen LogP contribution < -0.4 is 5.32 Å². The van der Waals surface area contributed by atoms with Crippen LogP contribution in [0.3, 0.4) is 0 Å². The van der Waals surface area contributed by atoms with E-state index in [0.29, 0.717) is 23.5 Å². The van der Waals surface area contributed by atoms with Crippen molar-refractivity contribution in [3.63, 3.8) is 0 Å². The number of nitrogens with zero attached hydrogens (tertiary/aromatic N) is 2. The lowest BCUT2D eigenvalue weighted by Crippen LogP contribution is -2.52. The maximum absolute atomic E-state index is 13.7. The molecule has 1 saturated carbocycles. The largest absolute Gasteiger partial charge is 0.490 e. The molecule has 0 bridgehead atoms. The zero-order valence-corrected chi connectivity index (χ0v) is 26.5. The molecule has 2 aromatic carbocycles. The molecule has 13 heteroatoms. The number of carbonyl (C=O) groups is 2.